The Kier molecular flexibility index (Phi) is 3.24. The summed E-state index contributed by atoms with van der Waals surface area (Å²) in [7, 11) is 1.52. The third kappa shape index (κ3) is 2.24. The second-order valence-electron chi connectivity index (χ2n) is 4.16. The van der Waals surface area contributed by atoms with Crippen LogP contribution in [0.1, 0.15) is 19.3 Å². The zero-order valence-electron chi connectivity index (χ0n) is 9.31. The monoisotopic (exact) mass is 224 g/mol. The van der Waals surface area contributed by atoms with Crippen molar-refractivity contribution in [2.45, 2.75) is 31.4 Å². The zero-order valence-corrected chi connectivity index (χ0v) is 9.31. The second-order valence-corrected chi connectivity index (χ2v) is 4.16. The predicted octanol–water partition coefficient (Wildman–Crippen LogP) is 0.0260. The van der Waals surface area contributed by atoms with E-state index in [1.165, 1.54) is 11.9 Å². The Morgan fingerprint density at radius 3 is 2.94 bits per heavy atom. The van der Waals surface area contributed by atoms with E-state index in [0.717, 1.165) is 12.8 Å². The van der Waals surface area contributed by atoms with Gasteiger partial charge >= 0.3 is 0 Å². The Balaban J connectivity index is 1.80. The summed E-state index contributed by atoms with van der Waals surface area (Å²) in [4.78, 5) is 24.0. The van der Waals surface area contributed by atoms with Gasteiger partial charge in [-0.15, -0.1) is 0 Å². The van der Waals surface area contributed by atoms with Crippen LogP contribution >= 0.6 is 0 Å². The van der Waals surface area contributed by atoms with Crippen LogP contribution in [-0.4, -0.2) is 42.5 Å². The van der Waals surface area contributed by atoms with E-state index in [2.05, 4.69) is 5.32 Å². The fourth-order valence-electron chi connectivity index (χ4n) is 1.92. The fraction of sp³-hybridized carbons (Fsp3) is 0.636. The Morgan fingerprint density at radius 1 is 1.56 bits per heavy atom. The van der Waals surface area contributed by atoms with Crippen molar-refractivity contribution < 1.29 is 14.3 Å². The lowest BCUT2D eigenvalue weighted by Gasteiger charge is -2.21. The number of carbonyl (C=O) groups excluding carboxylic acids is 2. The van der Waals surface area contributed by atoms with E-state index in [0.29, 0.717) is 6.54 Å². The van der Waals surface area contributed by atoms with Crippen LogP contribution in [0.3, 0.4) is 0 Å². The summed E-state index contributed by atoms with van der Waals surface area (Å²) in [6, 6.07) is -0.369. The molecule has 0 bridgehead atoms. The number of amides is 2. The van der Waals surface area contributed by atoms with Gasteiger partial charge in [0.1, 0.15) is 6.10 Å². The molecule has 2 aliphatic rings. The molecule has 1 fully saturated rings. The molecule has 5 nitrogen and oxygen atoms in total. The van der Waals surface area contributed by atoms with Crippen molar-refractivity contribution in [3.63, 3.8) is 0 Å². The van der Waals surface area contributed by atoms with Crippen molar-refractivity contribution in [3.8, 4) is 0 Å². The molecule has 2 amide bonds. The molecule has 0 aromatic rings. The first-order valence-corrected chi connectivity index (χ1v) is 5.52. The van der Waals surface area contributed by atoms with Gasteiger partial charge in [-0.25, -0.2) is 0 Å². The minimum absolute atomic E-state index is 0.110. The Labute approximate surface area is 94.4 Å². The first kappa shape index (κ1) is 11.1. The van der Waals surface area contributed by atoms with Crippen LogP contribution in [0.5, 0.6) is 0 Å². The molecule has 16 heavy (non-hydrogen) atoms. The summed E-state index contributed by atoms with van der Waals surface area (Å²) in [5.74, 6) is -0.261. The van der Waals surface area contributed by atoms with E-state index >= 15 is 0 Å². The maximum Gasteiger partial charge on any atom is 0.246 e. The Bertz CT molecular complexity index is 327. The van der Waals surface area contributed by atoms with Gasteiger partial charge in [-0.3, -0.25) is 14.5 Å². The molecule has 88 valence electrons. The summed E-state index contributed by atoms with van der Waals surface area (Å²) in [5.41, 5.74) is 0. The number of rotatable bonds is 3. The molecular formula is C11H16N2O3. The topological polar surface area (TPSA) is 58.6 Å². The number of ether oxygens (including phenoxy) is 1. The number of hydrogen-bond acceptors (Lipinski definition) is 4. The Morgan fingerprint density at radius 2 is 2.38 bits per heavy atom. The van der Waals surface area contributed by atoms with Gasteiger partial charge in [-0.2, -0.15) is 0 Å². The molecule has 1 N–H and O–H groups in total. The van der Waals surface area contributed by atoms with Crippen LogP contribution in [-0.2, 0) is 14.3 Å². The van der Waals surface area contributed by atoms with Gasteiger partial charge in [0, 0.05) is 13.6 Å². The van der Waals surface area contributed by atoms with Crippen LogP contribution in [0.15, 0.2) is 12.3 Å². The molecule has 0 aliphatic carbocycles. The number of imide groups is 1. The fourth-order valence-corrected chi connectivity index (χ4v) is 1.92. The van der Waals surface area contributed by atoms with Gasteiger partial charge in [0.05, 0.1) is 18.7 Å². The highest BCUT2D eigenvalue weighted by atomic mass is 16.5. The second kappa shape index (κ2) is 4.65. The van der Waals surface area contributed by atoms with Gasteiger partial charge < -0.3 is 10.1 Å². The summed E-state index contributed by atoms with van der Waals surface area (Å²) in [6.45, 7) is 0.613. The third-order valence-electron chi connectivity index (χ3n) is 3.00. The van der Waals surface area contributed by atoms with E-state index in [1.807, 2.05) is 6.08 Å². The summed E-state index contributed by atoms with van der Waals surface area (Å²) in [5, 5.41) is 3.09. The van der Waals surface area contributed by atoms with Crippen LogP contribution in [0.2, 0.25) is 0 Å². The van der Waals surface area contributed by atoms with Gasteiger partial charge in [-0.05, 0) is 18.9 Å². The molecule has 5 heteroatoms. The van der Waals surface area contributed by atoms with Crippen LogP contribution < -0.4 is 5.32 Å². The summed E-state index contributed by atoms with van der Waals surface area (Å²) in [6.07, 6.45) is 6.01. The molecule has 2 unspecified atom stereocenters. The van der Waals surface area contributed by atoms with Crippen LogP contribution in [0.25, 0.3) is 0 Å². The van der Waals surface area contributed by atoms with Gasteiger partial charge in [0.2, 0.25) is 11.8 Å². The average Bonchev–Trinajstić information content (AvgIpc) is 2.56. The minimum atomic E-state index is -0.369. The molecule has 0 spiro atoms. The number of nitrogens with zero attached hydrogens (tertiary/aromatic N) is 1. The highest BCUT2D eigenvalue weighted by Gasteiger charge is 2.35. The van der Waals surface area contributed by atoms with Crippen molar-refractivity contribution in [1.82, 2.24) is 10.2 Å². The first-order valence-electron chi connectivity index (χ1n) is 5.52. The Hall–Kier alpha value is -1.36. The van der Waals surface area contributed by atoms with E-state index in [9.17, 15) is 9.59 Å². The molecule has 2 heterocycles. The average molecular weight is 224 g/mol. The molecule has 0 aromatic heterocycles. The third-order valence-corrected chi connectivity index (χ3v) is 3.00. The van der Waals surface area contributed by atoms with Crippen molar-refractivity contribution in [1.29, 1.82) is 0 Å². The standard InChI is InChI=1S/C11H16N2O3/c1-13-10(14)6-9(11(13)15)12-7-8-4-2-3-5-16-8/h3,5,8-9,12H,2,4,6-7H2,1H3. The molecule has 2 atom stereocenters. The molecular weight excluding hydrogens is 208 g/mol. The number of allylic oxidation sites excluding steroid dienone is 1. The maximum absolute atomic E-state index is 11.6. The van der Waals surface area contributed by atoms with Crippen LogP contribution in [0.4, 0.5) is 0 Å². The van der Waals surface area contributed by atoms with E-state index in [4.69, 9.17) is 4.74 Å². The van der Waals surface area contributed by atoms with Crippen molar-refractivity contribution in [2.75, 3.05) is 13.6 Å². The van der Waals surface area contributed by atoms with Gasteiger partial charge in [0.15, 0.2) is 0 Å². The molecule has 0 aromatic carbocycles. The lowest BCUT2D eigenvalue weighted by molar-refractivity contribution is -0.137. The van der Waals surface area contributed by atoms with Crippen molar-refractivity contribution in [3.05, 3.63) is 12.3 Å². The number of likely N-dealkylation sites (N-methyl/N-ethyl adjacent to an activating group) is 1. The number of likely N-dealkylation sites (tertiary alicyclic amines) is 1. The quantitative estimate of drug-likeness (QED) is 0.687. The highest BCUT2D eigenvalue weighted by Crippen LogP contribution is 2.13. The summed E-state index contributed by atoms with van der Waals surface area (Å²) >= 11 is 0. The zero-order chi connectivity index (χ0) is 11.5. The van der Waals surface area contributed by atoms with Gasteiger partial charge in [-0.1, -0.05) is 0 Å². The number of nitrogens with one attached hydrogen (secondary N) is 1. The highest BCUT2D eigenvalue weighted by molar-refractivity contribution is 6.05. The number of carbonyl (C=O) groups is 2. The molecule has 1 saturated heterocycles. The lowest BCUT2D eigenvalue weighted by Crippen LogP contribution is -2.41. The normalized spacial score (nSPS) is 29.7. The van der Waals surface area contributed by atoms with E-state index in [1.54, 1.807) is 6.26 Å². The van der Waals surface area contributed by atoms with Crippen LogP contribution in [0, 0.1) is 0 Å². The molecule has 2 aliphatic heterocycles. The molecule has 0 saturated carbocycles. The SMILES string of the molecule is CN1C(=O)CC(NCC2CCC=CO2)C1=O. The smallest absolute Gasteiger partial charge is 0.246 e. The molecule has 2 rings (SSSR count). The van der Waals surface area contributed by atoms with E-state index in [-0.39, 0.29) is 30.4 Å². The van der Waals surface area contributed by atoms with Crippen molar-refractivity contribution in [2.24, 2.45) is 0 Å². The largest absolute Gasteiger partial charge is 0.497 e. The molecule has 0 radical (unpaired) electrons. The van der Waals surface area contributed by atoms with E-state index < -0.39 is 0 Å². The van der Waals surface area contributed by atoms with Gasteiger partial charge in [0.25, 0.3) is 0 Å². The van der Waals surface area contributed by atoms with Crippen molar-refractivity contribution >= 4 is 11.8 Å². The maximum atomic E-state index is 11.6. The number of hydrogen-bond donors (Lipinski definition) is 1. The minimum Gasteiger partial charge on any atom is -0.497 e. The first-order chi connectivity index (χ1) is 7.68. The summed E-state index contributed by atoms with van der Waals surface area (Å²) < 4.78 is 5.37. The lowest BCUT2D eigenvalue weighted by atomic mass is 10.1. The predicted molar refractivity (Wildman–Crippen MR) is 57.4 cm³/mol.